The van der Waals surface area contributed by atoms with Crippen LogP contribution in [0.2, 0.25) is 0 Å². The number of nitrogens with one attached hydrogen (secondary N) is 1. The Balaban J connectivity index is 2.39. The molecule has 0 saturated heterocycles. The summed E-state index contributed by atoms with van der Waals surface area (Å²) < 4.78 is 12.2. The molecular formula is C9H18N4O2. The molecule has 15 heavy (non-hydrogen) atoms. The molecule has 0 aliphatic rings. The lowest BCUT2D eigenvalue weighted by atomic mass is 10.3. The Morgan fingerprint density at radius 1 is 1.60 bits per heavy atom. The molecule has 0 aliphatic carbocycles. The van der Waals surface area contributed by atoms with Crippen molar-refractivity contribution in [3.63, 3.8) is 0 Å². The number of methoxy groups -OCH3 is 1. The van der Waals surface area contributed by atoms with Crippen molar-refractivity contribution in [3.8, 4) is 0 Å². The summed E-state index contributed by atoms with van der Waals surface area (Å²) in [5.74, 6) is 6.29. The fourth-order valence-corrected chi connectivity index (χ4v) is 1.25. The van der Waals surface area contributed by atoms with E-state index < -0.39 is 0 Å². The Hall–Kier alpha value is -0.950. The number of hydrogen-bond acceptors (Lipinski definition) is 5. The highest BCUT2D eigenvalue weighted by Gasteiger charge is 2.13. The predicted molar refractivity (Wildman–Crippen MR) is 56.0 cm³/mol. The number of hydrazine groups is 1. The lowest BCUT2D eigenvalue weighted by molar-refractivity contribution is 0.0570. The lowest BCUT2D eigenvalue weighted by Gasteiger charge is -2.15. The number of aryl methyl sites for hydroxylation is 1. The molecule has 0 amide bonds. The molecule has 0 aliphatic heterocycles. The number of rotatable bonds is 7. The maximum absolute atomic E-state index is 5.43. The first-order valence-electron chi connectivity index (χ1n) is 4.79. The van der Waals surface area contributed by atoms with Crippen LogP contribution in [0.4, 0.5) is 0 Å². The van der Waals surface area contributed by atoms with Crippen LogP contribution in [0.3, 0.4) is 0 Å². The summed E-state index contributed by atoms with van der Waals surface area (Å²) in [5, 5.41) is 0. The number of imidazole rings is 1. The number of aromatic nitrogens is 2. The highest BCUT2D eigenvalue weighted by molar-refractivity contribution is 4.98. The van der Waals surface area contributed by atoms with Crippen molar-refractivity contribution in [1.82, 2.24) is 15.0 Å². The molecule has 6 heteroatoms. The zero-order chi connectivity index (χ0) is 11.1. The van der Waals surface area contributed by atoms with Gasteiger partial charge in [0.1, 0.15) is 11.9 Å². The quantitative estimate of drug-likeness (QED) is 0.366. The molecule has 1 aromatic heterocycles. The Labute approximate surface area is 89.3 Å². The molecule has 1 rings (SSSR count). The molecule has 3 N–H and O–H groups in total. The Morgan fingerprint density at radius 2 is 2.40 bits per heavy atom. The van der Waals surface area contributed by atoms with Crippen molar-refractivity contribution in [2.75, 3.05) is 26.9 Å². The van der Waals surface area contributed by atoms with Crippen molar-refractivity contribution in [2.45, 2.75) is 6.04 Å². The standard InChI is InChI=1S/C9H18N4O2/c1-13-4-3-11-9(13)8(12-10)7-15-6-5-14-2/h3-4,8,12H,5-7,10H2,1-2H3. The van der Waals surface area contributed by atoms with Crippen LogP contribution >= 0.6 is 0 Å². The average molecular weight is 214 g/mol. The van der Waals surface area contributed by atoms with Crippen molar-refractivity contribution in [2.24, 2.45) is 12.9 Å². The molecule has 1 aromatic rings. The Bertz CT molecular complexity index is 277. The first kappa shape index (κ1) is 12.1. The van der Waals surface area contributed by atoms with Gasteiger partial charge >= 0.3 is 0 Å². The molecule has 1 heterocycles. The van der Waals surface area contributed by atoms with Crippen LogP contribution in [0.5, 0.6) is 0 Å². The monoisotopic (exact) mass is 214 g/mol. The van der Waals surface area contributed by atoms with Crippen LogP contribution in [0.15, 0.2) is 12.4 Å². The van der Waals surface area contributed by atoms with Crippen molar-refractivity contribution in [3.05, 3.63) is 18.2 Å². The van der Waals surface area contributed by atoms with E-state index in [1.54, 1.807) is 13.3 Å². The third kappa shape index (κ3) is 3.60. The average Bonchev–Trinajstić information content (AvgIpc) is 2.65. The van der Waals surface area contributed by atoms with Crippen LogP contribution in [-0.2, 0) is 16.5 Å². The van der Waals surface area contributed by atoms with Gasteiger partial charge in [0.05, 0.1) is 19.8 Å². The number of ether oxygens (including phenoxy) is 2. The molecule has 1 atom stereocenters. The minimum Gasteiger partial charge on any atom is -0.382 e. The van der Waals surface area contributed by atoms with Crippen LogP contribution < -0.4 is 11.3 Å². The molecule has 6 nitrogen and oxygen atoms in total. The van der Waals surface area contributed by atoms with Crippen LogP contribution in [0.1, 0.15) is 11.9 Å². The van der Waals surface area contributed by atoms with Gasteiger partial charge in [-0.3, -0.25) is 5.84 Å². The topological polar surface area (TPSA) is 74.3 Å². The molecule has 0 fully saturated rings. The molecule has 0 spiro atoms. The van der Waals surface area contributed by atoms with E-state index >= 15 is 0 Å². The third-order valence-electron chi connectivity index (χ3n) is 2.09. The summed E-state index contributed by atoms with van der Waals surface area (Å²) in [4.78, 5) is 4.20. The van der Waals surface area contributed by atoms with E-state index in [1.165, 1.54) is 0 Å². The van der Waals surface area contributed by atoms with Gasteiger partial charge in [-0.25, -0.2) is 10.4 Å². The smallest absolute Gasteiger partial charge is 0.129 e. The Morgan fingerprint density at radius 3 is 2.93 bits per heavy atom. The summed E-state index contributed by atoms with van der Waals surface area (Å²) in [6.07, 6.45) is 3.60. The second kappa shape index (κ2) is 6.52. The van der Waals surface area contributed by atoms with Gasteiger partial charge in [0.2, 0.25) is 0 Å². The van der Waals surface area contributed by atoms with E-state index in [0.717, 1.165) is 5.82 Å². The van der Waals surface area contributed by atoms with E-state index in [9.17, 15) is 0 Å². The van der Waals surface area contributed by atoms with Crippen molar-refractivity contribution < 1.29 is 9.47 Å². The normalized spacial score (nSPS) is 13.0. The molecule has 0 saturated carbocycles. The Kier molecular flexibility index (Phi) is 5.27. The van der Waals surface area contributed by atoms with Gasteiger partial charge in [-0.05, 0) is 0 Å². The largest absolute Gasteiger partial charge is 0.382 e. The summed E-state index contributed by atoms with van der Waals surface area (Å²) in [6.45, 7) is 1.61. The number of hydrogen-bond donors (Lipinski definition) is 2. The molecule has 0 aromatic carbocycles. The highest BCUT2D eigenvalue weighted by Crippen LogP contribution is 2.08. The van der Waals surface area contributed by atoms with E-state index in [1.807, 2.05) is 17.8 Å². The van der Waals surface area contributed by atoms with E-state index in [-0.39, 0.29) is 6.04 Å². The minimum atomic E-state index is -0.0955. The van der Waals surface area contributed by atoms with Crippen LogP contribution in [0.25, 0.3) is 0 Å². The predicted octanol–water partition coefficient (Wildman–Crippen LogP) is -0.412. The lowest BCUT2D eigenvalue weighted by Crippen LogP contribution is -2.33. The summed E-state index contributed by atoms with van der Waals surface area (Å²) in [7, 11) is 3.56. The molecule has 1 unspecified atom stereocenters. The van der Waals surface area contributed by atoms with E-state index in [0.29, 0.717) is 19.8 Å². The third-order valence-corrected chi connectivity index (χ3v) is 2.09. The van der Waals surface area contributed by atoms with Gasteiger partial charge in [-0.2, -0.15) is 0 Å². The SMILES string of the molecule is COCCOCC(NN)c1nccn1C. The van der Waals surface area contributed by atoms with Crippen molar-refractivity contribution in [1.29, 1.82) is 0 Å². The van der Waals surface area contributed by atoms with Crippen LogP contribution in [0, 0.1) is 0 Å². The zero-order valence-electron chi connectivity index (χ0n) is 9.14. The first-order valence-corrected chi connectivity index (χ1v) is 4.79. The van der Waals surface area contributed by atoms with Crippen LogP contribution in [-0.4, -0.2) is 36.5 Å². The second-order valence-corrected chi connectivity index (χ2v) is 3.18. The van der Waals surface area contributed by atoms with E-state index in [4.69, 9.17) is 15.3 Å². The number of nitrogens with zero attached hydrogens (tertiary/aromatic N) is 2. The van der Waals surface area contributed by atoms with Gasteiger partial charge in [0, 0.05) is 26.6 Å². The van der Waals surface area contributed by atoms with Gasteiger partial charge in [0.25, 0.3) is 0 Å². The highest BCUT2D eigenvalue weighted by atomic mass is 16.5. The zero-order valence-corrected chi connectivity index (χ0v) is 9.14. The van der Waals surface area contributed by atoms with Crippen molar-refractivity contribution >= 4 is 0 Å². The summed E-state index contributed by atoms with van der Waals surface area (Å²) in [5.41, 5.74) is 2.67. The summed E-state index contributed by atoms with van der Waals surface area (Å²) in [6, 6.07) is -0.0955. The fourth-order valence-electron chi connectivity index (χ4n) is 1.25. The second-order valence-electron chi connectivity index (χ2n) is 3.18. The minimum absolute atomic E-state index is 0.0955. The fraction of sp³-hybridized carbons (Fsp3) is 0.667. The van der Waals surface area contributed by atoms with Gasteiger partial charge < -0.3 is 14.0 Å². The molecule has 0 radical (unpaired) electrons. The summed E-state index contributed by atoms with van der Waals surface area (Å²) >= 11 is 0. The van der Waals surface area contributed by atoms with Gasteiger partial charge in [-0.1, -0.05) is 0 Å². The molecule has 86 valence electrons. The first-order chi connectivity index (χ1) is 7.29. The maximum Gasteiger partial charge on any atom is 0.129 e. The maximum atomic E-state index is 5.43. The molecule has 0 bridgehead atoms. The number of nitrogens with two attached hydrogens (primary N) is 1. The van der Waals surface area contributed by atoms with Gasteiger partial charge in [-0.15, -0.1) is 0 Å². The van der Waals surface area contributed by atoms with Gasteiger partial charge in [0.15, 0.2) is 0 Å². The van der Waals surface area contributed by atoms with E-state index in [2.05, 4.69) is 10.4 Å². The molecular weight excluding hydrogens is 196 g/mol.